The molecule has 160 valence electrons. The molecule has 0 spiro atoms. The standard InChI is InChI=1S/C20H40N2O4S/c1-15(2)9-21(10-16(3)4)19(23)13-27(25,26)14-20(24)22(11-17(5)6)12-18(7)8/h15-18H,9-14H2,1-8H3. The molecular formula is C20H40N2O4S. The lowest BCUT2D eigenvalue weighted by Gasteiger charge is -2.28. The fraction of sp³-hybridized carbons (Fsp3) is 0.900. The lowest BCUT2D eigenvalue weighted by Crippen LogP contribution is -2.44. The van der Waals surface area contributed by atoms with Crippen molar-refractivity contribution in [2.24, 2.45) is 23.7 Å². The van der Waals surface area contributed by atoms with Crippen LogP contribution in [0.1, 0.15) is 55.4 Å². The minimum absolute atomic E-state index is 0.254. The van der Waals surface area contributed by atoms with Crippen LogP contribution >= 0.6 is 0 Å². The maximum absolute atomic E-state index is 12.6. The number of hydrogen-bond donors (Lipinski definition) is 0. The fourth-order valence-corrected chi connectivity index (χ4v) is 4.15. The Morgan fingerprint density at radius 2 is 0.815 bits per heavy atom. The van der Waals surface area contributed by atoms with Crippen molar-refractivity contribution in [3.63, 3.8) is 0 Å². The molecular weight excluding hydrogens is 364 g/mol. The summed E-state index contributed by atoms with van der Waals surface area (Å²) >= 11 is 0. The van der Waals surface area contributed by atoms with Crippen molar-refractivity contribution in [3.05, 3.63) is 0 Å². The van der Waals surface area contributed by atoms with Gasteiger partial charge in [0.15, 0.2) is 9.84 Å². The van der Waals surface area contributed by atoms with E-state index in [0.717, 1.165) is 0 Å². The van der Waals surface area contributed by atoms with Gasteiger partial charge in [0.2, 0.25) is 11.8 Å². The number of nitrogens with zero attached hydrogens (tertiary/aromatic N) is 2. The summed E-state index contributed by atoms with van der Waals surface area (Å²) in [7, 11) is -3.80. The molecule has 6 nitrogen and oxygen atoms in total. The van der Waals surface area contributed by atoms with Gasteiger partial charge in [0.05, 0.1) is 0 Å². The summed E-state index contributed by atoms with van der Waals surface area (Å²) in [6, 6.07) is 0. The van der Waals surface area contributed by atoms with Gasteiger partial charge in [-0.3, -0.25) is 9.59 Å². The molecule has 0 heterocycles. The van der Waals surface area contributed by atoms with Gasteiger partial charge in [0.25, 0.3) is 0 Å². The average Bonchev–Trinajstić information content (AvgIpc) is 2.42. The molecule has 0 aliphatic heterocycles. The van der Waals surface area contributed by atoms with Crippen LogP contribution in [0.4, 0.5) is 0 Å². The zero-order chi connectivity index (χ0) is 21.4. The third-order valence-corrected chi connectivity index (χ3v) is 5.11. The topological polar surface area (TPSA) is 74.8 Å². The Balaban J connectivity index is 5.10. The van der Waals surface area contributed by atoms with E-state index in [-0.39, 0.29) is 23.7 Å². The zero-order valence-corrected chi connectivity index (χ0v) is 19.3. The van der Waals surface area contributed by atoms with E-state index < -0.39 is 33.2 Å². The predicted octanol–water partition coefficient (Wildman–Crippen LogP) is 2.68. The Kier molecular flexibility index (Phi) is 11.2. The van der Waals surface area contributed by atoms with Crippen LogP contribution in [0.5, 0.6) is 0 Å². The molecule has 0 rings (SSSR count). The second kappa shape index (κ2) is 11.7. The molecule has 0 radical (unpaired) electrons. The van der Waals surface area contributed by atoms with E-state index in [0.29, 0.717) is 26.2 Å². The van der Waals surface area contributed by atoms with Crippen molar-refractivity contribution >= 4 is 21.7 Å². The van der Waals surface area contributed by atoms with Gasteiger partial charge in [-0.1, -0.05) is 55.4 Å². The Labute approximate surface area is 166 Å². The molecule has 2 amide bonds. The second-order valence-electron chi connectivity index (χ2n) is 9.21. The highest BCUT2D eigenvalue weighted by Gasteiger charge is 2.27. The highest BCUT2D eigenvalue weighted by atomic mass is 32.2. The lowest BCUT2D eigenvalue weighted by molar-refractivity contribution is -0.129. The summed E-state index contributed by atoms with van der Waals surface area (Å²) in [6.45, 7) is 18.0. The van der Waals surface area contributed by atoms with Gasteiger partial charge in [-0.25, -0.2) is 8.42 Å². The molecule has 27 heavy (non-hydrogen) atoms. The summed E-state index contributed by atoms with van der Waals surface area (Å²) < 4.78 is 25.0. The minimum Gasteiger partial charge on any atom is -0.341 e. The number of rotatable bonds is 12. The Morgan fingerprint density at radius 3 is 1.00 bits per heavy atom. The molecule has 0 bridgehead atoms. The van der Waals surface area contributed by atoms with Crippen molar-refractivity contribution in [1.82, 2.24) is 9.80 Å². The van der Waals surface area contributed by atoms with Crippen LogP contribution in [0.25, 0.3) is 0 Å². The molecule has 0 N–H and O–H groups in total. The van der Waals surface area contributed by atoms with Gasteiger partial charge < -0.3 is 9.80 Å². The molecule has 0 aromatic carbocycles. The largest absolute Gasteiger partial charge is 0.341 e. The van der Waals surface area contributed by atoms with Crippen molar-refractivity contribution in [3.8, 4) is 0 Å². The van der Waals surface area contributed by atoms with E-state index in [1.165, 1.54) is 0 Å². The minimum atomic E-state index is -3.80. The smallest absolute Gasteiger partial charge is 0.237 e. The summed E-state index contributed by atoms with van der Waals surface area (Å²) in [6.07, 6.45) is 0. The highest BCUT2D eigenvalue weighted by molar-refractivity contribution is 7.92. The van der Waals surface area contributed by atoms with Crippen molar-refractivity contribution in [2.75, 3.05) is 37.7 Å². The van der Waals surface area contributed by atoms with E-state index in [2.05, 4.69) is 0 Å². The van der Waals surface area contributed by atoms with Gasteiger partial charge in [0.1, 0.15) is 11.5 Å². The first kappa shape index (κ1) is 25.9. The molecule has 0 aromatic rings. The van der Waals surface area contributed by atoms with Crippen LogP contribution in [0.2, 0.25) is 0 Å². The number of carbonyl (C=O) groups excluding carboxylic acids is 2. The van der Waals surface area contributed by atoms with Gasteiger partial charge in [-0.2, -0.15) is 0 Å². The predicted molar refractivity (Wildman–Crippen MR) is 111 cm³/mol. The van der Waals surface area contributed by atoms with Gasteiger partial charge >= 0.3 is 0 Å². The molecule has 0 fully saturated rings. The Morgan fingerprint density at radius 1 is 0.593 bits per heavy atom. The SMILES string of the molecule is CC(C)CN(CC(C)C)C(=O)CS(=O)(=O)CC(=O)N(CC(C)C)CC(C)C. The van der Waals surface area contributed by atoms with Crippen LogP contribution in [0.15, 0.2) is 0 Å². The van der Waals surface area contributed by atoms with Gasteiger partial charge in [-0.05, 0) is 23.7 Å². The maximum Gasteiger partial charge on any atom is 0.237 e. The van der Waals surface area contributed by atoms with Gasteiger partial charge in [0, 0.05) is 26.2 Å². The number of hydrogen-bond acceptors (Lipinski definition) is 4. The quantitative estimate of drug-likeness (QED) is 0.501. The van der Waals surface area contributed by atoms with Crippen LogP contribution in [0.3, 0.4) is 0 Å². The molecule has 0 aliphatic rings. The lowest BCUT2D eigenvalue weighted by atomic mass is 10.1. The van der Waals surface area contributed by atoms with Crippen LogP contribution in [-0.2, 0) is 19.4 Å². The molecule has 0 atom stereocenters. The first-order valence-electron chi connectivity index (χ1n) is 9.99. The third-order valence-electron chi connectivity index (χ3n) is 3.73. The number of carbonyl (C=O) groups is 2. The summed E-state index contributed by atoms with van der Waals surface area (Å²) in [5.74, 6) is -1.01. The Hall–Kier alpha value is -1.11. The molecule has 7 heteroatoms. The monoisotopic (exact) mass is 404 g/mol. The van der Waals surface area contributed by atoms with E-state index in [4.69, 9.17) is 0 Å². The summed E-state index contributed by atoms with van der Waals surface area (Å²) in [5, 5.41) is 0. The molecule has 0 aliphatic carbocycles. The molecule has 0 saturated heterocycles. The normalized spacial score (nSPS) is 12.3. The average molecular weight is 405 g/mol. The van der Waals surface area contributed by atoms with Crippen LogP contribution in [0, 0.1) is 23.7 Å². The van der Waals surface area contributed by atoms with E-state index in [1.54, 1.807) is 9.80 Å². The third kappa shape index (κ3) is 12.1. The van der Waals surface area contributed by atoms with E-state index in [9.17, 15) is 18.0 Å². The molecule has 0 aromatic heterocycles. The number of amides is 2. The van der Waals surface area contributed by atoms with Gasteiger partial charge in [-0.15, -0.1) is 0 Å². The van der Waals surface area contributed by atoms with Crippen LogP contribution in [-0.4, -0.2) is 67.7 Å². The first-order chi connectivity index (χ1) is 12.2. The molecule has 0 unspecified atom stereocenters. The summed E-state index contributed by atoms with van der Waals surface area (Å²) in [5.41, 5.74) is 0. The van der Waals surface area contributed by atoms with Crippen molar-refractivity contribution in [1.29, 1.82) is 0 Å². The second-order valence-corrected chi connectivity index (χ2v) is 11.3. The highest BCUT2D eigenvalue weighted by Crippen LogP contribution is 2.09. The summed E-state index contributed by atoms with van der Waals surface area (Å²) in [4.78, 5) is 28.3. The van der Waals surface area contributed by atoms with Crippen molar-refractivity contribution < 1.29 is 18.0 Å². The van der Waals surface area contributed by atoms with Crippen LogP contribution < -0.4 is 0 Å². The molecule has 0 saturated carbocycles. The van der Waals surface area contributed by atoms with E-state index in [1.807, 2.05) is 55.4 Å². The number of sulfone groups is 1. The Bertz CT molecular complexity index is 505. The van der Waals surface area contributed by atoms with E-state index >= 15 is 0 Å². The maximum atomic E-state index is 12.6. The first-order valence-corrected chi connectivity index (χ1v) is 11.8. The fourth-order valence-electron chi connectivity index (χ4n) is 2.93. The zero-order valence-electron chi connectivity index (χ0n) is 18.5. The van der Waals surface area contributed by atoms with Crippen molar-refractivity contribution in [2.45, 2.75) is 55.4 Å².